The van der Waals surface area contributed by atoms with Gasteiger partial charge in [0.25, 0.3) is 0 Å². The van der Waals surface area contributed by atoms with E-state index in [1.54, 1.807) is 6.21 Å². The Morgan fingerprint density at radius 2 is 1.83 bits per heavy atom. The van der Waals surface area contributed by atoms with Crippen LogP contribution in [0.25, 0.3) is 6.08 Å². The number of hydroxylamine groups is 1. The van der Waals surface area contributed by atoms with E-state index in [2.05, 4.69) is 68.3 Å². The van der Waals surface area contributed by atoms with Gasteiger partial charge in [-0.1, -0.05) is 18.2 Å². The molecule has 0 bridgehead atoms. The molecule has 0 saturated carbocycles. The van der Waals surface area contributed by atoms with Gasteiger partial charge in [-0.25, -0.2) is 4.74 Å². The van der Waals surface area contributed by atoms with Gasteiger partial charge < -0.3 is 14.8 Å². The molecule has 4 nitrogen and oxygen atoms in total. The third-order valence-electron chi connectivity index (χ3n) is 6.29. The number of nitrogens with zero attached hydrogens (tertiary/aromatic N) is 2. The lowest BCUT2D eigenvalue weighted by atomic mass is 9.76. The van der Waals surface area contributed by atoms with Crippen LogP contribution in [0.1, 0.15) is 56.9 Å². The lowest BCUT2D eigenvalue weighted by Crippen LogP contribution is -2.58. The molecule has 152 valence electrons. The molecule has 0 aliphatic carbocycles. The summed E-state index contributed by atoms with van der Waals surface area (Å²) in [4.78, 5) is 2.21. The van der Waals surface area contributed by atoms with Crippen molar-refractivity contribution in [2.45, 2.75) is 58.2 Å². The fraction of sp³-hybridized carbons (Fsp3) is 0.400. The minimum atomic E-state index is -0.656. The molecular formula is C25H30N2O2. The predicted octanol–water partition coefficient (Wildman–Crippen LogP) is 5.25. The second-order valence-electron chi connectivity index (χ2n) is 9.73. The van der Waals surface area contributed by atoms with Crippen LogP contribution in [0.4, 0.5) is 5.69 Å². The van der Waals surface area contributed by atoms with Crippen LogP contribution in [0.5, 0.6) is 5.75 Å². The van der Waals surface area contributed by atoms with E-state index in [0.29, 0.717) is 0 Å². The summed E-state index contributed by atoms with van der Waals surface area (Å²) in [7, 11) is 2.08. The minimum absolute atomic E-state index is 0.268. The van der Waals surface area contributed by atoms with Crippen LogP contribution < -0.4 is 9.64 Å². The maximum absolute atomic E-state index is 12.7. The van der Waals surface area contributed by atoms with Crippen molar-refractivity contribution in [3.05, 3.63) is 69.9 Å². The summed E-state index contributed by atoms with van der Waals surface area (Å²) in [6, 6.07) is 12.6. The van der Waals surface area contributed by atoms with Gasteiger partial charge in [0.2, 0.25) is 5.72 Å². The monoisotopic (exact) mass is 390 g/mol. The third kappa shape index (κ3) is 2.77. The molecule has 1 unspecified atom stereocenters. The van der Waals surface area contributed by atoms with Crippen molar-refractivity contribution in [2.75, 3.05) is 11.9 Å². The molecule has 4 rings (SSSR count). The molecule has 0 fully saturated rings. The zero-order valence-electron chi connectivity index (χ0n) is 18.4. The predicted molar refractivity (Wildman–Crippen MR) is 120 cm³/mol. The van der Waals surface area contributed by atoms with Gasteiger partial charge in [0.1, 0.15) is 5.75 Å². The molecule has 0 N–H and O–H groups in total. The van der Waals surface area contributed by atoms with Crippen LogP contribution in [0.2, 0.25) is 0 Å². The van der Waals surface area contributed by atoms with Crippen molar-refractivity contribution in [2.24, 2.45) is 0 Å². The van der Waals surface area contributed by atoms with E-state index in [1.165, 1.54) is 11.3 Å². The molecule has 2 heterocycles. The first-order valence-corrected chi connectivity index (χ1v) is 10.1. The molecule has 0 saturated heterocycles. The van der Waals surface area contributed by atoms with Crippen LogP contribution in [0.3, 0.4) is 0 Å². The molecule has 1 spiro atoms. The summed E-state index contributed by atoms with van der Waals surface area (Å²) in [6.45, 7) is 12.2. The van der Waals surface area contributed by atoms with E-state index < -0.39 is 11.3 Å². The van der Waals surface area contributed by atoms with E-state index in [-0.39, 0.29) is 5.41 Å². The zero-order chi connectivity index (χ0) is 21.2. The maximum atomic E-state index is 12.7. The number of fused-ring (bicyclic) bond motifs is 2. The van der Waals surface area contributed by atoms with Gasteiger partial charge in [0.05, 0.1) is 11.0 Å². The fourth-order valence-electron chi connectivity index (χ4n) is 4.48. The lowest BCUT2D eigenvalue weighted by Gasteiger charge is -2.46. The van der Waals surface area contributed by atoms with E-state index in [1.807, 2.05) is 33.8 Å². The van der Waals surface area contributed by atoms with Gasteiger partial charge in [-0.15, -0.1) is 0 Å². The van der Waals surface area contributed by atoms with Gasteiger partial charge in [-0.05, 0) is 62.2 Å². The number of anilines is 1. The molecule has 0 amide bonds. The van der Waals surface area contributed by atoms with Crippen LogP contribution in [-0.2, 0) is 5.41 Å². The average molecular weight is 391 g/mol. The second-order valence-corrected chi connectivity index (χ2v) is 9.73. The van der Waals surface area contributed by atoms with Gasteiger partial charge in [-0.3, -0.25) is 0 Å². The van der Waals surface area contributed by atoms with Crippen molar-refractivity contribution in [1.29, 1.82) is 0 Å². The quantitative estimate of drug-likeness (QED) is 0.289. The van der Waals surface area contributed by atoms with Gasteiger partial charge in [0.15, 0.2) is 11.8 Å². The Balaban J connectivity index is 1.89. The van der Waals surface area contributed by atoms with E-state index in [4.69, 9.17) is 4.74 Å². The summed E-state index contributed by atoms with van der Waals surface area (Å²) in [5.74, 6) is 0.760. The highest BCUT2D eigenvalue weighted by Crippen LogP contribution is 2.54. The van der Waals surface area contributed by atoms with E-state index in [0.717, 1.165) is 27.2 Å². The molecule has 2 aliphatic heterocycles. The number of rotatable bonds is 1. The van der Waals surface area contributed by atoms with Crippen molar-refractivity contribution < 1.29 is 9.48 Å². The molecule has 2 aromatic carbocycles. The highest BCUT2D eigenvalue weighted by Gasteiger charge is 2.57. The summed E-state index contributed by atoms with van der Waals surface area (Å²) in [5, 5.41) is 12.7. The first kappa shape index (κ1) is 19.6. The number of aryl methyl sites for hydroxylation is 1. The Hall–Kier alpha value is -2.75. The first-order valence-electron chi connectivity index (χ1n) is 10.1. The van der Waals surface area contributed by atoms with Crippen LogP contribution >= 0.6 is 0 Å². The summed E-state index contributed by atoms with van der Waals surface area (Å²) in [5.41, 5.74) is 3.91. The summed E-state index contributed by atoms with van der Waals surface area (Å²) < 4.78 is 7.84. The third-order valence-corrected chi connectivity index (χ3v) is 6.29. The lowest BCUT2D eigenvalue weighted by molar-refractivity contribution is -0.530. The maximum Gasteiger partial charge on any atom is 0.211 e. The highest BCUT2D eigenvalue weighted by atomic mass is 16.5. The smallest absolute Gasteiger partial charge is 0.211 e. The number of para-hydroxylation sites is 1. The molecule has 4 heteroatoms. The minimum Gasteiger partial charge on any atom is -0.623 e. The Morgan fingerprint density at radius 1 is 1.14 bits per heavy atom. The number of ether oxygens (including phenoxy) is 1. The van der Waals surface area contributed by atoms with Crippen molar-refractivity contribution >= 4 is 18.0 Å². The number of hydrogen-bond acceptors (Lipinski definition) is 3. The Morgan fingerprint density at radius 3 is 2.48 bits per heavy atom. The van der Waals surface area contributed by atoms with Gasteiger partial charge in [-0.2, -0.15) is 0 Å². The normalized spacial score (nSPS) is 22.4. The Labute approximate surface area is 173 Å². The Kier molecular flexibility index (Phi) is 4.13. The molecule has 0 aromatic heterocycles. The van der Waals surface area contributed by atoms with Crippen LogP contribution in [0, 0.1) is 12.1 Å². The van der Waals surface area contributed by atoms with E-state index >= 15 is 0 Å². The second kappa shape index (κ2) is 6.12. The Bertz CT molecular complexity index is 1040. The molecule has 1 atom stereocenters. The first-order chi connectivity index (χ1) is 13.5. The van der Waals surface area contributed by atoms with Gasteiger partial charge in [0, 0.05) is 39.1 Å². The molecule has 2 aromatic rings. The fourth-order valence-corrected chi connectivity index (χ4v) is 4.48. The highest BCUT2D eigenvalue weighted by molar-refractivity contribution is 5.85. The SMILES string of the molecule is Cc1cc2c(c(/C=[N+](\[O-])C(C)(C)C)c1)OC1(C=C2)N(C)c2ccccc2C1(C)C. The van der Waals surface area contributed by atoms with Gasteiger partial charge >= 0.3 is 0 Å². The summed E-state index contributed by atoms with van der Waals surface area (Å²) in [6.07, 6.45) is 5.96. The molecule has 2 aliphatic rings. The zero-order valence-corrected chi connectivity index (χ0v) is 18.4. The van der Waals surface area contributed by atoms with Crippen LogP contribution in [-0.4, -0.2) is 29.3 Å². The standard InChI is InChI=1S/C25H30N2O2/c1-17-14-18-12-13-25(24(5,6)20-10-8-9-11-21(20)26(25)7)29-22(18)19(15-17)16-27(28)23(2,3)4/h8-16H,1-7H3/b27-16-. The van der Waals surface area contributed by atoms with E-state index in [9.17, 15) is 5.21 Å². The van der Waals surface area contributed by atoms with Crippen molar-refractivity contribution in [3.63, 3.8) is 0 Å². The average Bonchev–Trinajstić information content (AvgIpc) is 2.80. The van der Waals surface area contributed by atoms with Crippen molar-refractivity contribution in [3.8, 4) is 5.75 Å². The molecular weight excluding hydrogens is 360 g/mol. The number of likely N-dealkylation sites (N-methyl/N-ethyl adjacent to an activating group) is 1. The number of hydrogen-bond donors (Lipinski definition) is 0. The summed E-state index contributed by atoms with van der Waals surface area (Å²) >= 11 is 0. The van der Waals surface area contributed by atoms with Crippen LogP contribution in [0.15, 0.2) is 42.5 Å². The topological polar surface area (TPSA) is 38.5 Å². The largest absolute Gasteiger partial charge is 0.623 e. The molecule has 29 heavy (non-hydrogen) atoms. The molecule has 0 radical (unpaired) electrons. The van der Waals surface area contributed by atoms with Crippen molar-refractivity contribution in [1.82, 2.24) is 0 Å². The number of benzene rings is 2.